The summed E-state index contributed by atoms with van der Waals surface area (Å²) in [7, 11) is 0. The zero-order valence-electron chi connectivity index (χ0n) is 9.17. The minimum Gasteiger partial charge on any atom is -0.383 e. The number of thiazole rings is 1. The molecule has 0 atom stereocenters. The van der Waals surface area contributed by atoms with Gasteiger partial charge in [0.15, 0.2) is 5.13 Å². The minimum atomic E-state index is -3.77. The smallest absolute Gasteiger partial charge is 0.352 e. The summed E-state index contributed by atoms with van der Waals surface area (Å²) in [4.78, 5) is 15.3. The first-order valence-corrected chi connectivity index (χ1v) is 6.07. The average molecular weight is 262 g/mol. The van der Waals surface area contributed by atoms with E-state index >= 15 is 0 Å². The normalized spacial score (nSPS) is 18.6. The number of halogens is 2. The van der Waals surface area contributed by atoms with Gasteiger partial charge in [-0.2, -0.15) is 8.78 Å². The second-order valence-electron chi connectivity index (χ2n) is 4.21. The van der Waals surface area contributed by atoms with Gasteiger partial charge in [0.25, 0.3) is 5.91 Å². The van der Waals surface area contributed by atoms with Gasteiger partial charge < -0.3 is 5.11 Å². The van der Waals surface area contributed by atoms with E-state index in [1.165, 1.54) is 0 Å². The van der Waals surface area contributed by atoms with E-state index in [2.05, 4.69) is 4.98 Å². The summed E-state index contributed by atoms with van der Waals surface area (Å²) in [5, 5.41) is 13.4. The maximum atomic E-state index is 13.7. The predicted octanol–water partition coefficient (Wildman–Crippen LogP) is 1.94. The van der Waals surface area contributed by atoms with Crippen LogP contribution in [0.3, 0.4) is 0 Å². The number of aromatic nitrogens is 1. The van der Waals surface area contributed by atoms with Gasteiger partial charge >= 0.3 is 5.92 Å². The molecule has 0 saturated heterocycles. The second-order valence-corrected chi connectivity index (χ2v) is 5.07. The van der Waals surface area contributed by atoms with Crippen molar-refractivity contribution >= 4 is 22.4 Å². The van der Waals surface area contributed by atoms with Crippen molar-refractivity contribution in [1.82, 2.24) is 4.98 Å². The lowest BCUT2D eigenvalue weighted by Gasteiger charge is -2.41. The highest BCUT2D eigenvalue weighted by atomic mass is 32.1. The van der Waals surface area contributed by atoms with Crippen LogP contribution in [0.15, 0.2) is 5.38 Å². The van der Waals surface area contributed by atoms with Crippen LogP contribution in [-0.4, -0.2) is 27.5 Å². The average Bonchev–Trinajstić information content (AvgIpc) is 2.60. The highest BCUT2D eigenvalue weighted by Gasteiger charge is 2.61. The molecule has 1 aromatic heterocycles. The Morgan fingerprint density at radius 3 is 2.71 bits per heavy atom. The van der Waals surface area contributed by atoms with Crippen molar-refractivity contribution in [2.75, 3.05) is 5.32 Å². The van der Waals surface area contributed by atoms with Crippen LogP contribution in [0.2, 0.25) is 0 Å². The largest absolute Gasteiger partial charge is 0.383 e. The first-order valence-electron chi connectivity index (χ1n) is 5.19. The summed E-state index contributed by atoms with van der Waals surface area (Å²) in [5.41, 5.74) is -1.54. The summed E-state index contributed by atoms with van der Waals surface area (Å²) in [6.07, 6.45) is 0.407. The van der Waals surface area contributed by atoms with Crippen LogP contribution in [0, 0.1) is 6.92 Å². The van der Waals surface area contributed by atoms with Crippen molar-refractivity contribution in [1.29, 1.82) is 0 Å². The standard InChI is InChI=1S/C10H12F2N2O2S/c1-6-5-17-8(13-6)14-7(15)10(11,12)9(16)3-2-4-9/h5,16H,2-4H2,1H3,(H,13,14,15). The van der Waals surface area contributed by atoms with E-state index in [-0.39, 0.29) is 18.0 Å². The summed E-state index contributed by atoms with van der Waals surface area (Å²) < 4.78 is 27.3. The molecule has 1 saturated carbocycles. The van der Waals surface area contributed by atoms with Crippen molar-refractivity contribution < 1.29 is 18.7 Å². The lowest BCUT2D eigenvalue weighted by Crippen LogP contribution is -2.59. The molecule has 17 heavy (non-hydrogen) atoms. The van der Waals surface area contributed by atoms with Gasteiger partial charge in [0, 0.05) is 5.38 Å². The van der Waals surface area contributed by atoms with E-state index in [0.29, 0.717) is 12.1 Å². The SMILES string of the molecule is Cc1csc(NC(=O)C(F)(F)C2(O)CCC2)n1. The van der Waals surface area contributed by atoms with Gasteiger partial charge in [-0.25, -0.2) is 4.98 Å². The van der Waals surface area contributed by atoms with Crippen LogP contribution in [-0.2, 0) is 4.79 Å². The molecule has 4 nitrogen and oxygen atoms in total. The fourth-order valence-corrected chi connectivity index (χ4v) is 2.31. The number of carbonyl (C=O) groups excluding carboxylic acids is 1. The molecule has 2 N–H and O–H groups in total. The molecule has 1 heterocycles. The van der Waals surface area contributed by atoms with Crippen molar-refractivity contribution in [2.24, 2.45) is 0 Å². The monoisotopic (exact) mass is 262 g/mol. The number of nitrogens with zero attached hydrogens (tertiary/aromatic N) is 1. The zero-order valence-corrected chi connectivity index (χ0v) is 9.98. The summed E-state index contributed by atoms with van der Waals surface area (Å²) >= 11 is 1.07. The van der Waals surface area contributed by atoms with Gasteiger partial charge in [0.1, 0.15) is 5.60 Å². The third-order valence-electron chi connectivity index (χ3n) is 2.89. The van der Waals surface area contributed by atoms with Crippen LogP contribution in [0.4, 0.5) is 13.9 Å². The van der Waals surface area contributed by atoms with Gasteiger partial charge in [0.05, 0.1) is 5.69 Å². The van der Waals surface area contributed by atoms with Gasteiger partial charge in [0.2, 0.25) is 0 Å². The molecular formula is C10H12F2N2O2S. The van der Waals surface area contributed by atoms with Crippen molar-refractivity contribution in [2.45, 2.75) is 37.7 Å². The molecule has 1 aliphatic carbocycles. The van der Waals surface area contributed by atoms with Gasteiger partial charge in [-0.15, -0.1) is 11.3 Å². The topological polar surface area (TPSA) is 62.2 Å². The predicted molar refractivity (Wildman–Crippen MR) is 59.2 cm³/mol. The number of hydrogen-bond donors (Lipinski definition) is 2. The van der Waals surface area contributed by atoms with E-state index < -0.39 is 17.4 Å². The van der Waals surface area contributed by atoms with Crippen molar-refractivity contribution in [3.05, 3.63) is 11.1 Å². The summed E-state index contributed by atoms with van der Waals surface area (Å²) in [6.45, 7) is 1.70. The quantitative estimate of drug-likeness (QED) is 0.875. The van der Waals surface area contributed by atoms with Crippen molar-refractivity contribution in [3.8, 4) is 0 Å². The molecule has 1 amide bonds. The minimum absolute atomic E-state index is 0.0513. The molecule has 2 rings (SSSR count). The molecule has 7 heteroatoms. The Bertz CT molecular complexity index is 443. The van der Waals surface area contributed by atoms with E-state index in [4.69, 9.17) is 0 Å². The van der Waals surface area contributed by atoms with Gasteiger partial charge in [-0.05, 0) is 26.2 Å². The molecule has 0 bridgehead atoms. The van der Waals surface area contributed by atoms with Gasteiger partial charge in [-0.3, -0.25) is 10.1 Å². The highest BCUT2D eigenvalue weighted by molar-refractivity contribution is 7.13. The number of aryl methyl sites for hydroxylation is 1. The van der Waals surface area contributed by atoms with Crippen LogP contribution in [0.25, 0.3) is 0 Å². The molecule has 0 radical (unpaired) electrons. The Kier molecular flexibility index (Phi) is 2.90. The fraction of sp³-hybridized carbons (Fsp3) is 0.600. The van der Waals surface area contributed by atoms with E-state index in [1.807, 2.05) is 5.32 Å². The molecule has 0 aromatic carbocycles. The first-order chi connectivity index (χ1) is 7.85. The van der Waals surface area contributed by atoms with Crippen LogP contribution in [0.1, 0.15) is 25.0 Å². The van der Waals surface area contributed by atoms with Crippen molar-refractivity contribution in [3.63, 3.8) is 0 Å². The highest BCUT2D eigenvalue weighted by Crippen LogP contribution is 2.44. The van der Waals surface area contributed by atoms with Crippen LogP contribution >= 0.6 is 11.3 Å². The van der Waals surface area contributed by atoms with E-state index in [9.17, 15) is 18.7 Å². The molecule has 0 unspecified atom stereocenters. The maximum Gasteiger partial charge on any atom is 0.352 e. The number of rotatable bonds is 3. The number of alkyl halides is 2. The molecule has 1 aromatic rings. The Hall–Kier alpha value is -1.08. The molecule has 94 valence electrons. The number of aliphatic hydroxyl groups is 1. The number of nitrogens with one attached hydrogen (secondary N) is 1. The first kappa shape index (κ1) is 12.4. The Balaban J connectivity index is 2.09. The number of carbonyl (C=O) groups is 1. The van der Waals surface area contributed by atoms with Gasteiger partial charge in [-0.1, -0.05) is 0 Å². The Morgan fingerprint density at radius 2 is 2.29 bits per heavy atom. The number of anilines is 1. The van der Waals surface area contributed by atoms with E-state index in [0.717, 1.165) is 11.3 Å². The number of amides is 1. The molecule has 0 spiro atoms. The van der Waals surface area contributed by atoms with Crippen LogP contribution < -0.4 is 5.32 Å². The third-order valence-corrected chi connectivity index (χ3v) is 3.77. The fourth-order valence-electron chi connectivity index (χ4n) is 1.62. The summed E-state index contributed by atoms with van der Waals surface area (Å²) in [5.74, 6) is -5.26. The second kappa shape index (κ2) is 3.99. The van der Waals surface area contributed by atoms with E-state index in [1.54, 1.807) is 12.3 Å². The molecular weight excluding hydrogens is 250 g/mol. The third kappa shape index (κ3) is 2.04. The van der Waals surface area contributed by atoms with Crippen LogP contribution in [0.5, 0.6) is 0 Å². The lowest BCUT2D eigenvalue weighted by molar-refractivity contribution is -0.212. The lowest BCUT2D eigenvalue weighted by atomic mass is 9.75. The zero-order chi connectivity index (χ0) is 12.7. The molecule has 1 aliphatic rings. The summed E-state index contributed by atoms with van der Waals surface area (Å²) in [6, 6.07) is 0. The Labute approximate surface area is 101 Å². The molecule has 1 fully saturated rings. The number of hydrogen-bond acceptors (Lipinski definition) is 4. The Morgan fingerprint density at radius 1 is 1.65 bits per heavy atom. The maximum absolute atomic E-state index is 13.7. The molecule has 0 aliphatic heterocycles.